The molecule has 37 heavy (non-hydrogen) atoms. The molecule has 2 heterocycles. The smallest absolute Gasteiger partial charge is 0.399 e. The third-order valence-corrected chi connectivity index (χ3v) is 5.10. The highest BCUT2D eigenvalue weighted by Gasteiger charge is 2.31. The summed E-state index contributed by atoms with van der Waals surface area (Å²) in [5, 5.41) is 2.52. The quantitative estimate of drug-likeness (QED) is 0.230. The van der Waals surface area contributed by atoms with Crippen molar-refractivity contribution in [3.63, 3.8) is 0 Å². The van der Waals surface area contributed by atoms with Crippen LogP contribution in [0, 0.1) is 13.8 Å². The summed E-state index contributed by atoms with van der Waals surface area (Å²) in [6, 6.07) is 8.12. The molecule has 0 fully saturated rings. The number of nitrogens with zero attached hydrogens (tertiary/aromatic N) is 4. The predicted molar refractivity (Wildman–Crippen MR) is 135 cm³/mol. The van der Waals surface area contributed by atoms with Crippen molar-refractivity contribution in [3.05, 3.63) is 102 Å². The molecule has 0 atom stereocenters. The van der Waals surface area contributed by atoms with Gasteiger partial charge in [-0.2, -0.15) is 13.2 Å². The Kier molecular flexibility index (Phi) is 8.25. The van der Waals surface area contributed by atoms with Crippen molar-refractivity contribution >= 4 is 23.0 Å². The lowest BCUT2D eigenvalue weighted by molar-refractivity contribution is -0.137. The number of nitrogens with two attached hydrogens (primary N) is 2. The molecule has 0 bridgehead atoms. The van der Waals surface area contributed by atoms with Crippen LogP contribution >= 0.6 is 0 Å². The molecule has 0 spiro atoms. The molecule has 12 heteroatoms. The van der Waals surface area contributed by atoms with E-state index in [9.17, 15) is 18.0 Å². The van der Waals surface area contributed by atoms with Crippen LogP contribution in [-0.2, 0) is 6.18 Å². The number of nitrogen functional groups attached to an aromatic ring is 1. The zero-order valence-corrected chi connectivity index (χ0v) is 20.0. The van der Waals surface area contributed by atoms with Gasteiger partial charge in [-0.25, -0.2) is 15.0 Å². The lowest BCUT2D eigenvalue weighted by Gasteiger charge is -2.14. The zero-order valence-electron chi connectivity index (χ0n) is 20.0. The van der Waals surface area contributed by atoms with Crippen LogP contribution in [0.2, 0.25) is 0 Å². The molecule has 4 aromatic rings. The maximum Gasteiger partial charge on any atom is 0.416 e. The van der Waals surface area contributed by atoms with Crippen LogP contribution in [0.25, 0.3) is 11.4 Å². The third-order valence-electron chi connectivity index (χ3n) is 5.10. The number of alkyl halides is 3. The molecule has 4 rings (SSSR count). The van der Waals surface area contributed by atoms with E-state index in [2.05, 4.69) is 32.3 Å². The molecule has 0 aliphatic heterocycles. The molecular formula is C25H25F3N8O. The van der Waals surface area contributed by atoms with E-state index in [1.807, 2.05) is 6.92 Å². The van der Waals surface area contributed by atoms with Crippen LogP contribution in [0.4, 0.5) is 24.5 Å². The van der Waals surface area contributed by atoms with E-state index in [1.54, 1.807) is 37.6 Å². The van der Waals surface area contributed by atoms with Crippen molar-refractivity contribution in [2.75, 3.05) is 10.7 Å². The highest BCUT2D eigenvalue weighted by molar-refractivity contribution is 6.05. The molecule has 0 radical (unpaired) electrons. The highest BCUT2D eigenvalue weighted by atomic mass is 19.4. The minimum absolute atomic E-state index is 0.0176. The average molecular weight is 511 g/mol. The lowest BCUT2D eigenvalue weighted by Crippen LogP contribution is -2.15. The number of anilines is 2. The van der Waals surface area contributed by atoms with Crippen LogP contribution in [0.5, 0.6) is 0 Å². The molecule has 0 saturated heterocycles. The van der Waals surface area contributed by atoms with Gasteiger partial charge >= 0.3 is 6.18 Å². The van der Waals surface area contributed by atoms with Gasteiger partial charge in [-0.1, -0.05) is 12.6 Å². The molecule has 2 aromatic carbocycles. The average Bonchev–Trinajstić information content (AvgIpc) is 3.31. The Morgan fingerprint density at radius 2 is 1.76 bits per heavy atom. The summed E-state index contributed by atoms with van der Waals surface area (Å²) < 4.78 is 41.4. The topological polar surface area (TPSA) is 137 Å². The van der Waals surface area contributed by atoms with E-state index < -0.39 is 17.6 Å². The summed E-state index contributed by atoms with van der Waals surface area (Å²) in [5.41, 5.74) is 10.8. The largest absolute Gasteiger partial charge is 0.416 e. The van der Waals surface area contributed by atoms with Crippen LogP contribution in [0.1, 0.15) is 32.7 Å². The molecule has 0 aliphatic rings. The normalized spacial score (nSPS) is 10.8. The molecule has 0 saturated carbocycles. The second-order valence-electron chi connectivity index (χ2n) is 7.97. The number of carbonyl (C=O) groups is 1. The van der Waals surface area contributed by atoms with Gasteiger partial charge in [-0.15, -0.1) is 0 Å². The Hall–Kier alpha value is -4.71. The highest BCUT2D eigenvalue weighted by Crippen LogP contribution is 2.33. The van der Waals surface area contributed by atoms with Crippen LogP contribution in [-0.4, -0.2) is 25.4 Å². The number of aryl methyl sites for hydroxylation is 2. The number of hydrazine groups is 1. The monoisotopic (exact) mass is 510 g/mol. The number of amides is 1. The van der Waals surface area contributed by atoms with Gasteiger partial charge in [0.1, 0.15) is 6.33 Å². The molecule has 9 nitrogen and oxygen atoms in total. The fourth-order valence-corrected chi connectivity index (χ4v) is 3.15. The van der Waals surface area contributed by atoms with Crippen molar-refractivity contribution in [1.82, 2.24) is 19.5 Å². The van der Waals surface area contributed by atoms with E-state index in [1.165, 1.54) is 29.4 Å². The van der Waals surface area contributed by atoms with E-state index >= 15 is 0 Å². The molecule has 192 valence electrons. The van der Waals surface area contributed by atoms with Crippen LogP contribution < -0.4 is 22.3 Å². The number of carbonyl (C=O) groups excluding carboxylic acids is 1. The Morgan fingerprint density at radius 3 is 2.30 bits per heavy atom. The summed E-state index contributed by atoms with van der Waals surface area (Å²) in [6.45, 7) is 7.06. The summed E-state index contributed by atoms with van der Waals surface area (Å²) in [4.78, 5) is 24.1. The molecule has 1 amide bonds. The predicted octanol–water partition coefficient (Wildman–Crippen LogP) is 4.45. The van der Waals surface area contributed by atoms with Gasteiger partial charge in [0.2, 0.25) is 0 Å². The number of imidazole rings is 1. The van der Waals surface area contributed by atoms with Gasteiger partial charge < -0.3 is 21.0 Å². The van der Waals surface area contributed by atoms with Gasteiger partial charge in [-0.05, 0) is 49.7 Å². The maximum absolute atomic E-state index is 13.3. The van der Waals surface area contributed by atoms with Crippen molar-refractivity contribution < 1.29 is 18.0 Å². The Labute approximate surface area is 211 Å². The Balaban J connectivity index is 0.000000356. The molecule has 2 aromatic heterocycles. The van der Waals surface area contributed by atoms with Crippen molar-refractivity contribution in [3.8, 4) is 5.69 Å². The summed E-state index contributed by atoms with van der Waals surface area (Å²) in [7, 11) is 0. The van der Waals surface area contributed by atoms with E-state index in [-0.39, 0.29) is 16.9 Å². The van der Waals surface area contributed by atoms with Crippen LogP contribution in [0.15, 0.2) is 74.2 Å². The van der Waals surface area contributed by atoms with Gasteiger partial charge in [0.05, 0.1) is 23.3 Å². The van der Waals surface area contributed by atoms with Crippen molar-refractivity contribution in [2.45, 2.75) is 20.0 Å². The van der Waals surface area contributed by atoms with E-state index in [0.29, 0.717) is 17.1 Å². The Bertz CT molecular complexity index is 1400. The third kappa shape index (κ3) is 7.15. The lowest BCUT2D eigenvalue weighted by atomic mass is 10.1. The number of aromatic nitrogens is 4. The number of hydrogen-bond donors (Lipinski definition) is 4. The van der Waals surface area contributed by atoms with Crippen molar-refractivity contribution in [2.24, 2.45) is 11.6 Å². The fourth-order valence-electron chi connectivity index (χ4n) is 3.15. The molecular weight excluding hydrogens is 485 g/mol. The zero-order chi connectivity index (χ0) is 27.2. The minimum atomic E-state index is -4.56. The van der Waals surface area contributed by atoms with E-state index in [4.69, 9.17) is 11.6 Å². The Morgan fingerprint density at radius 1 is 1.05 bits per heavy atom. The summed E-state index contributed by atoms with van der Waals surface area (Å²) in [5.74, 6) is 4.86. The van der Waals surface area contributed by atoms with Crippen LogP contribution in [0.3, 0.4) is 0 Å². The molecule has 0 aliphatic carbocycles. The SMILES string of the molecule is C=C(N)c1cncnc1.Cc1cn(-c2cc(NC(=O)c3ccc(C)c(NN)c3)cc(C(F)(F)F)c2)cn1. The number of halogens is 3. The number of nitrogens with one attached hydrogen (secondary N) is 2. The molecule has 6 N–H and O–H groups in total. The fraction of sp³-hybridized carbons (Fsp3) is 0.120. The number of rotatable bonds is 5. The first-order chi connectivity index (χ1) is 17.5. The molecule has 0 unspecified atom stereocenters. The maximum atomic E-state index is 13.3. The van der Waals surface area contributed by atoms with Gasteiger partial charge in [0.25, 0.3) is 5.91 Å². The van der Waals surface area contributed by atoms with Gasteiger partial charge in [-0.3, -0.25) is 10.6 Å². The first-order valence-corrected chi connectivity index (χ1v) is 10.8. The summed E-state index contributed by atoms with van der Waals surface area (Å²) in [6.07, 6.45) is 3.14. The second kappa shape index (κ2) is 11.4. The number of benzene rings is 2. The summed E-state index contributed by atoms with van der Waals surface area (Å²) >= 11 is 0. The second-order valence-corrected chi connectivity index (χ2v) is 7.97. The van der Waals surface area contributed by atoms with Gasteiger partial charge in [0.15, 0.2) is 0 Å². The van der Waals surface area contributed by atoms with Crippen molar-refractivity contribution in [1.29, 1.82) is 0 Å². The number of hydrogen-bond acceptors (Lipinski definition) is 7. The first-order valence-electron chi connectivity index (χ1n) is 10.8. The van der Waals surface area contributed by atoms with Gasteiger partial charge in [0, 0.05) is 46.8 Å². The van der Waals surface area contributed by atoms with E-state index in [0.717, 1.165) is 23.3 Å². The first kappa shape index (κ1) is 26.9. The minimum Gasteiger partial charge on any atom is -0.399 e. The standard InChI is InChI=1S/C19H18F3N5O.C6H7N3/c1-11-3-4-13(5-17(11)26-23)18(28)25-15-6-14(19(20,21)22)7-16(8-15)27-9-12(2)24-10-27;1-5(7)6-2-8-4-9-3-6/h3-10,26H,23H2,1-2H3,(H,25,28);2-4H,1,7H2.